The fourth-order valence-corrected chi connectivity index (χ4v) is 5.83. The number of carbonyl (C=O) groups is 2. The summed E-state index contributed by atoms with van der Waals surface area (Å²) in [6.07, 6.45) is 4.31. The second-order valence-corrected chi connectivity index (χ2v) is 9.18. The van der Waals surface area contributed by atoms with Crippen molar-refractivity contribution in [2.24, 2.45) is 5.41 Å². The molecule has 2 aromatic rings. The van der Waals surface area contributed by atoms with Crippen molar-refractivity contribution in [3.63, 3.8) is 0 Å². The zero-order chi connectivity index (χ0) is 18.3. The van der Waals surface area contributed by atoms with Gasteiger partial charge in [-0.3, -0.25) is 9.59 Å². The fourth-order valence-electron chi connectivity index (χ4n) is 4.15. The first-order valence-electron chi connectivity index (χ1n) is 8.70. The number of aromatic nitrogens is 1. The van der Waals surface area contributed by atoms with E-state index in [9.17, 15) is 9.59 Å². The third-order valence-corrected chi connectivity index (χ3v) is 7.30. The number of hydrogen-bond donors (Lipinski definition) is 0. The minimum absolute atomic E-state index is 0.0245. The molecular formula is C19H21N3O2S2. The molecule has 2 atom stereocenters. The summed E-state index contributed by atoms with van der Waals surface area (Å²) in [5.74, 6) is 0.126. The summed E-state index contributed by atoms with van der Waals surface area (Å²) >= 11 is 3.08. The number of hydrogen-bond acceptors (Lipinski definition) is 5. The van der Waals surface area contributed by atoms with Crippen LogP contribution in [-0.4, -0.2) is 52.8 Å². The van der Waals surface area contributed by atoms with Gasteiger partial charge in [0.15, 0.2) is 0 Å². The molecule has 0 aliphatic carbocycles. The van der Waals surface area contributed by atoms with Gasteiger partial charge in [0.1, 0.15) is 0 Å². The fraction of sp³-hybridized carbons (Fsp3) is 0.421. The van der Waals surface area contributed by atoms with Crippen LogP contribution in [0.4, 0.5) is 0 Å². The molecule has 4 rings (SSSR count). The maximum atomic E-state index is 13.3. The molecule has 1 spiro atoms. The quantitative estimate of drug-likeness (QED) is 0.758. The first-order valence-corrected chi connectivity index (χ1v) is 10.4. The lowest BCUT2D eigenvalue weighted by atomic mass is 9.77. The van der Waals surface area contributed by atoms with Crippen molar-refractivity contribution >= 4 is 34.5 Å². The SMILES string of the molecule is C=CCN1CC[C@@]2(CN(C(=O)c3ccc(C)s3)C[C@@H]2c2nccs2)C1=O. The van der Waals surface area contributed by atoms with Gasteiger partial charge in [-0.2, -0.15) is 0 Å². The maximum Gasteiger partial charge on any atom is 0.263 e. The number of amides is 2. The van der Waals surface area contributed by atoms with E-state index in [4.69, 9.17) is 0 Å². The molecule has 7 heteroatoms. The smallest absolute Gasteiger partial charge is 0.263 e. The summed E-state index contributed by atoms with van der Waals surface area (Å²) in [6.45, 7) is 8.06. The predicted octanol–water partition coefficient (Wildman–Crippen LogP) is 3.16. The number of carbonyl (C=O) groups excluding carboxylic acids is 2. The molecule has 5 nitrogen and oxygen atoms in total. The van der Waals surface area contributed by atoms with Gasteiger partial charge in [0.05, 0.1) is 15.3 Å². The minimum Gasteiger partial charge on any atom is -0.338 e. The highest BCUT2D eigenvalue weighted by atomic mass is 32.1. The van der Waals surface area contributed by atoms with Gasteiger partial charge in [-0.1, -0.05) is 6.08 Å². The summed E-state index contributed by atoms with van der Waals surface area (Å²) in [5.41, 5.74) is -0.553. The Balaban J connectivity index is 1.67. The minimum atomic E-state index is -0.553. The van der Waals surface area contributed by atoms with Crippen LogP contribution in [0.5, 0.6) is 0 Å². The van der Waals surface area contributed by atoms with Crippen molar-refractivity contribution in [2.45, 2.75) is 19.3 Å². The van der Waals surface area contributed by atoms with Gasteiger partial charge in [0.2, 0.25) is 5.91 Å². The summed E-state index contributed by atoms with van der Waals surface area (Å²) in [5, 5.41) is 2.90. The highest BCUT2D eigenvalue weighted by Crippen LogP contribution is 2.50. The normalized spacial score (nSPS) is 25.4. The third-order valence-electron chi connectivity index (χ3n) is 5.42. The van der Waals surface area contributed by atoms with Crippen molar-refractivity contribution in [1.82, 2.24) is 14.8 Å². The van der Waals surface area contributed by atoms with Gasteiger partial charge in [-0.15, -0.1) is 29.3 Å². The Kier molecular flexibility index (Phi) is 4.44. The number of thiophene rings is 1. The van der Waals surface area contributed by atoms with Crippen molar-refractivity contribution in [3.8, 4) is 0 Å². The van der Waals surface area contributed by atoms with Crippen LogP contribution < -0.4 is 0 Å². The van der Waals surface area contributed by atoms with Crippen LogP contribution in [0.1, 0.15) is 31.9 Å². The second kappa shape index (κ2) is 6.63. The molecule has 26 heavy (non-hydrogen) atoms. The Morgan fingerprint density at radius 1 is 1.50 bits per heavy atom. The summed E-state index contributed by atoms with van der Waals surface area (Å²) in [7, 11) is 0. The van der Waals surface area contributed by atoms with E-state index in [1.165, 1.54) is 11.3 Å². The lowest BCUT2D eigenvalue weighted by Crippen LogP contribution is -2.40. The average molecular weight is 388 g/mol. The first kappa shape index (κ1) is 17.4. The predicted molar refractivity (Wildman–Crippen MR) is 104 cm³/mol. The zero-order valence-electron chi connectivity index (χ0n) is 14.7. The van der Waals surface area contributed by atoms with Crippen LogP contribution in [0.3, 0.4) is 0 Å². The number of likely N-dealkylation sites (tertiary alicyclic amines) is 2. The molecule has 0 aromatic carbocycles. The average Bonchev–Trinajstić information content (AvgIpc) is 3.39. The zero-order valence-corrected chi connectivity index (χ0v) is 16.3. The van der Waals surface area contributed by atoms with Gasteiger partial charge in [0, 0.05) is 48.6 Å². The second-order valence-electron chi connectivity index (χ2n) is 6.96. The molecular weight excluding hydrogens is 366 g/mol. The van der Waals surface area contributed by atoms with E-state index in [2.05, 4.69) is 11.6 Å². The summed E-state index contributed by atoms with van der Waals surface area (Å²) < 4.78 is 0. The molecule has 2 aliphatic rings. The summed E-state index contributed by atoms with van der Waals surface area (Å²) in [6, 6.07) is 3.85. The van der Waals surface area contributed by atoms with Crippen LogP contribution in [0, 0.1) is 12.3 Å². The Morgan fingerprint density at radius 2 is 2.35 bits per heavy atom. The van der Waals surface area contributed by atoms with E-state index in [-0.39, 0.29) is 17.7 Å². The van der Waals surface area contributed by atoms with Crippen LogP contribution in [0.25, 0.3) is 0 Å². The van der Waals surface area contributed by atoms with E-state index < -0.39 is 5.41 Å². The largest absolute Gasteiger partial charge is 0.338 e. The first-order chi connectivity index (χ1) is 12.5. The van der Waals surface area contributed by atoms with Gasteiger partial charge in [0.25, 0.3) is 5.91 Å². The summed E-state index contributed by atoms with van der Waals surface area (Å²) in [4.78, 5) is 36.3. The van der Waals surface area contributed by atoms with Gasteiger partial charge < -0.3 is 9.80 Å². The molecule has 2 aliphatic heterocycles. The number of rotatable bonds is 4. The number of thiazole rings is 1. The van der Waals surface area contributed by atoms with Gasteiger partial charge >= 0.3 is 0 Å². The molecule has 0 saturated carbocycles. The Bertz CT molecular complexity index is 845. The molecule has 2 fully saturated rings. The lowest BCUT2D eigenvalue weighted by Gasteiger charge is -2.27. The molecule has 0 radical (unpaired) electrons. The van der Waals surface area contributed by atoms with Crippen molar-refractivity contribution in [1.29, 1.82) is 0 Å². The van der Waals surface area contributed by atoms with E-state index in [0.29, 0.717) is 26.2 Å². The van der Waals surface area contributed by atoms with E-state index in [0.717, 1.165) is 21.2 Å². The van der Waals surface area contributed by atoms with Crippen LogP contribution >= 0.6 is 22.7 Å². The molecule has 136 valence electrons. The number of nitrogens with zero attached hydrogens (tertiary/aromatic N) is 3. The molecule has 0 unspecified atom stereocenters. The van der Waals surface area contributed by atoms with Gasteiger partial charge in [-0.05, 0) is 25.5 Å². The van der Waals surface area contributed by atoms with Crippen LogP contribution in [-0.2, 0) is 4.79 Å². The molecule has 2 saturated heterocycles. The van der Waals surface area contributed by atoms with Gasteiger partial charge in [-0.25, -0.2) is 4.98 Å². The highest BCUT2D eigenvalue weighted by molar-refractivity contribution is 7.13. The van der Waals surface area contributed by atoms with E-state index in [1.807, 2.05) is 34.2 Å². The third kappa shape index (κ3) is 2.70. The molecule has 2 amide bonds. The molecule has 0 N–H and O–H groups in total. The van der Waals surface area contributed by atoms with Crippen molar-refractivity contribution < 1.29 is 9.59 Å². The van der Waals surface area contributed by atoms with Crippen molar-refractivity contribution in [3.05, 3.63) is 51.1 Å². The van der Waals surface area contributed by atoms with Crippen LogP contribution in [0.2, 0.25) is 0 Å². The maximum absolute atomic E-state index is 13.3. The molecule has 4 heterocycles. The van der Waals surface area contributed by atoms with E-state index in [1.54, 1.807) is 23.6 Å². The Morgan fingerprint density at radius 3 is 3.00 bits per heavy atom. The Labute approximate surface area is 161 Å². The topological polar surface area (TPSA) is 53.5 Å². The highest BCUT2D eigenvalue weighted by Gasteiger charge is 2.58. The number of aryl methyl sites for hydroxylation is 1. The molecule has 0 bridgehead atoms. The van der Waals surface area contributed by atoms with Crippen molar-refractivity contribution in [2.75, 3.05) is 26.2 Å². The van der Waals surface area contributed by atoms with E-state index >= 15 is 0 Å². The standard InChI is InChI=1S/C19H21N3O2S2/c1-3-8-21-9-6-19(18(21)24)12-22(11-14(19)16-20-7-10-25-16)17(23)15-5-4-13(2)26-15/h3-5,7,10,14H,1,6,8-9,11-12H2,2H3/t14-,19+/m1/s1. The Hall–Kier alpha value is -1.99. The van der Waals surface area contributed by atoms with Crippen LogP contribution in [0.15, 0.2) is 36.4 Å². The lowest BCUT2D eigenvalue weighted by molar-refractivity contribution is -0.135. The monoisotopic (exact) mass is 387 g/mol. The molecule has 2 aromatic heterocycles.